The molecule has 10 heteroatoms. The lowest BCUT2D eigenvalue weighted by Gasteiger charge is -2.38. The quantitative estimate of drug-likeness (QED) is 0.578. The molecule has 9 nitrogen and oxygen atoms in total. The van der Waals surface area contributed by atoms with E-state index in [1.54, 1.807) is 11.7 Å². The molecule has 0 spiro atoms. The topological polar surface area (TPSA) is 102 Å². The zero-order valence-corrected chi connectivity index (χ0v) is 15.6. The first-order valence-corrected chi connectivity index (χ1v) is 9.34. The molecule has 4 aromatic rings. The molecule has 1 saturated heterocycles. The predicted molar refractivity (Wildman–Crippen MR) is 103 cm³/mol. The summed E-state index contributed by atoms with van der Waals surface area (Å²) < 4.78 is 2.69. The molecule has 1 fully saturated rings. The van der Waals surface area contributed by atoms with E-state index in [0.29, 0.717) is 35.2 Å². The van der Waals surface area contributed by atoms with Gasteiger partial charge in [-0.25, -0.2) is 19.6 Å². The highest BCUT2D eigenvalue weighted by atomic mass is 32.1. The molecule has 0 saturated carbocycles. The third-order valence-electron chi connectivity index (χ3n) is 4.77. The predicted octanol–water partition coefficient (Wildman–Crippen LogP) is 1.75. The number of rotatable bonds is 3. The lowest BCUT2D eigenvalue weighted by molar-refractivity contribution is -0.120. The number of carbonyl (C=O) groups excluding carboxylic acids is 1. The fourth-order valence-electron chi connectivity index (χ4n) is 3.24. The standard InChI is InChI=1S/C17H16N8OS/c1-9-4-3-5-11-12(9)20-17(27-11)21-16(26)10-6-25(7-10)15-13-14(18-8-19-15)24(2)23-22-13/h3-5,8,10H,6-7H2,1-2H3,(H,20,21,26). The number of aryl methyl sites for hydroxylation is 2. The SMILES string of the molecule is Cc1cccc2sc(NC(=O)C3CN(c4ncnc5c4nnn5C)C3)nc12. The van der Waals surface area contributed by atoms with Crippen LogP contribution in [0.3, 0.4) is 0 Å². The van der Waals surface area contributed by atoms with E-state index in [0.717, 1.165) is 15.8 Å². The van der Waals surface area contributed by atoms with Crippen molar-refractivity contribution >= 4 is 49.6 Å². The van der Waals surface area contributed by atoms with E-state index in [2.05, 4.69) is 30.6 Å². The summed E-state index contributed by atoms with van der Waals surface area (Å²) in [7, 11) is 1.79. The third-order valence-corrected chi connectivity index (χ3v) is 5.71. The summed E-state index contributed by atoms with van der Waals surface area (Å²) >= 11 is 1.50. The second-order valence-electron chi connectivity index (χ2n) is 6.61. The first kappa shape index (κ1) is 16.1. The van der Waals surface area contributed by atoms with Gasteiger partial charge in [0.25, 0.3) is 0 Å². The lowest BCUT2D eigenvalue weighted by atomic mass is 9.99. The Bertz CT molecular complexity index is 1180. The first-order valence-electron chi connectivity index (χ1n) is 8.52. The van der Waals surface area contributed by atoms with Crippen LogP contribution in [0.4, 0.5) is 10.9 Å². The molecular formula is C17H16N8OS. The Morgan fingerprint density at radius 3 is 2.93 bits per heavy atom. The zero-order chi connectivity index (χ0) is 18.5. The normalized spacial score (nSPS) is 14.7. The van der Waals surface area contributed by atoms with Crippen LogP contribution in [0.1, 0.15) is 5.56 Å². The molecule has 0 radical (unpaired) electrons. The van der Waals surface area contributed by atoms with Crippen LogP contribution >= 0.6 is 11.3 Å². The van der Waals surface area contributed by atoms with Gasteiger partial charge in [0, 0.05) is 20.1 Å². The molecule has 27 heavy (non-hydrogen) atoms. The molecule has 1 amide bonds. The highest BCUT2D eigenvalue weighted by Gasteiger charge is 2.35. The van der Waals surface area contributed by atoms with E-state index in [9.17, 15) is 4.79 Å². The number of aromatic nitrogens is 6. The van der Waals surface area contributed by atoms with Crippen molar-refractivity contribution in [3.8, 4) is 0 Å². The van der Waals surface area contributed by atoms with Crippen LogP contribution in [0.25, 0.3) is 21.4 Å². The van der Waals surface area contributed by atoms with Crippen LogP contribution in [0.5, 0.6) is 0 Å². The van der Waals surface area contributed by atoms with Crippen molar-refractivity contribution in [2.24, 2.45) is 13.0 Å². The van der Waals surface area contributed by atoms with Crippen molar-refractivity contribution in [1.29, 1.82) is 0 Å². The largest absolute Gasteiger partial charge is 0.353 e. The summed E-state index contributed by atoms with van der Waals surface area (Å²) in [6.45, 7) is 3.18. The average molecular weight is 380 g/mol. The van der Waals surface area contributed by atoms with Crippen molar-refractivity contribution in [2.45, 2.75) is 6.92 Å². The second kappa shape index (κ2) is 5.95. The minimum absolute atomic E-state index is 0.0209. The maximum Gasteiger partial charge on any atom is 0.232 e. The molecule has 5 rings (SSSR count). The van der Waals surface area contributed by atoms with E-state index >= 15 is 0 Å². The van der Waals surface area contributed by atoms with Crippen molar-refractivity contribution in [1.82, 2.24) is 29.9 Å². The summed E-state index contributed by atoms with van der Waals surface area (Å²) in [5, 5.41) is 11.7. The van der Waals surface area contributed by atoms with Gasteiger partial charge in [0.2, 0.25) is 5.91 Å². The van der Waals surface area contributed by atoms with Gasteiger partial charge in [-0.2, -0.15) is 0 Å². The van der Waals surface area contributed by atoms with Gasteiger partial charge in [-0.05, 0) is 18.6 Å². The highest BCUT2D eigenvalue weighted by Crippen LogP contribution is 2.30. The second-order valence-corrected chi connectivity index (χ2v) is 7.65. The molecule has 1 aliphatic heterocycles. The maximum atomic E-state index is 12.6. The Hall–Kier alpha value is -3.14. The summed E-state index contributed by atoms with van der Waals surface area (Å²) in [4.78, 5) is 27.6. The van der Waals surface area contributed by atoms with Crippen molar-refractivity contribution < 1.29 is 4.79 Å². The van der Waals surface area contributed by atoms with E-state index in [4.69, 9.17) is 0 Å². The van der Waals surface area contributed by atoms with Crippen LogP contribution in [0.2, 0.25) is 0 Å². The zero-order valence-electron chi connectivity index (χ0n) is 14.7. The molecule has 0 atom stereocenters. The molecule has 136 valence electrons. The number of fused-ring (bicyclic) bond motifs is 2. The fraction of sp³-hybridized carbons (Fsp3) is 0.294. The van der Waals surface area contributed by atoms with Crippen LogP contribution in [0.15, 0.2) is 24.5 Å². The molecule has 3 aromatic heterocycles. The smallest absolute Gasteiger partial charge is 0.232 e. The summed E-state index contributed by atoms with van der Waals surface area (Å²) in [5.41, 5.74) is 3.38. The Balaban J connectivity index is 1.30. The molecule has 0 aliphatic carbocycles. The van der Waals surface area contributed by atoms with E-state index in [1.807, 2.05) is 30.0 Å². The molecule has 4 heterocycles. The molecule has 1 aliphatic rings. The molecule has 0 bridgehead atoms. The number of para-hydroxylation sites is 1. The Labute approximate surface area is 158 Å². The van der Waals surface area contributed by atoms with Crippen molar-refractivity contribution in [2.75, 3.05) is 23.3 Å². The molecular weight excluding hydrogens is 364 g/mol. The van der Waals surface area contributed by atoms with E-state index in [-0.39, 0.29) is 11.8 Å². The molecule has 1 aromatic carbocycles. The molecule has 1 N–H and O–H groups in total. The highest BCUT2D eigenvalue weighted by molar-refractivity contribution is 7.22. The van der Waals surface area contributed by atoms with Gasteiger partial charge in [0.1, 0.15) is 6.33 Å². The van der Waals surface area contributed by atoms with Crippen molar-refractivity contribution in [3.63, 3.8) is 0 Å². The summed E-state index contributed by atoms with van der Waals surface area (Å²) in [6.07, 6.45) is 1.50. The number of nitrogens with one attached hydrogen (secondary N) is 1. The van der Waals surface area contributed by atoms with Crippen LogP contribution < -0.4 is 10.2 Å². The van der Waals surface area contributed by atoms with Crippen LogP contribution in [-0.4, -0.2) is 48.9 Å². The van der Waals surface area contributed by atoms with Gasteiger partial charge in [-0.15, -0.1) is 5.10 Å². The minimum atomic E-state index is -0.111. The van der Waals surface area contributed by atoms with Gasteiger partial charge >= 0.3 is 0 Å². The van der Waals surface area contributed by atoms with Crippen LogP contribution in [0, 0.1) is 12.8 Å². The van der Waals surface area contributed by atoms with Gasteiger partial charge in [0.05, 0.1) is 16.1 Å². The van der Waals surface area contributed by atoms with E-state index in [1.165, 1.54) is 17.7 Å². The lowest BCUT2D eigenvalue weighted by Crippen LogP contribution is -2.52. The van der Waals surface area contributed by atoms with Crippen LogP contribution in [-0.2, 0) is 11.8 Å². The number of nitrogens with zero attached hydrogens (tertiary/aromatic N) is 7. The minimum Gasteiger partial charge on any atom is -0.353 e. The fourth-order valence-corrected chi connectivity index (χ4v) is 4.18. The maximum absolute atomic E-state index is 12.6. The number of benzene rings is 1. The average Bonchev–Trinajstić information content (AvgIpc) is 3.19. The Morgan fingerprint density at radius 1 is 1.26 bits per heavy atom. The van der Waals surface area contributed by atoms with Gasteiger partial charge in [0.15, 0.2) is 22.1 Å². The molecule has 0 unspecified atom stereocenters. The van der Waals surface area contributed by atoms with Gasteiger partial charge < -0.3 is 10.2 Å². The Kier molecular flexibility index (Phi) is 3.54. The summed E-state index contributed by atoms with van der Waals surface area (Å²) in [5.74, 6) is 0.583. The number of hydrogen-bond donors (Lipinski definition) is 1. The number of carbonyl (C=O) groups is 1. The number of thiazole rings is 1. The summed E-state index contributed by atoms with van der Waals surface area (Å²) in [6, 6.07) is 6.04. The van der Waals surface area contributed by atoms with E-state index < -0.39 is 0 Å². The number of anilines is 2. The first-order chi connectivity index (χ1) is 13.1. The third kappa shape index (κ3) is 2.60. The number of amides is 1. The Morgan fingerprint density at radius 2 is 2.11 bits per heavy atom. The van der Waals surface area contributed by atoms with Gasteiger partial charge in [-0.1, -0.05) is 28.7 Å². The van der Waals surface area contributed by atoms with Gasteiger partial charge in [-0.3, -0.25) is 4.79 Å². The van der Waals surface area contributed by atoms with Crippen molar-refractivity contribution in [3.05, 3.63) is 30.1 Å². The number of hydrogen-bond acceptors (Lipinski definition) is 8. The monoisotopic (exact) mass is 380 g/mol.